The number of allylic oxidation sites excluding steroid dienone is 1. The molecule has 0 saturated carbocycles. The van der Waals surface area contributed by atoms with Crippen molar-refractivity contribution in [1.82, 2.24) is 0 Å². The third-order valence-electron chi connectivity index (χ3n) is 3.03. The molecule has 1 aromatic rings. The van der Waals surface area contributed by atoms with Crippen molar-refractivity contribution in [3.63, 3.8) is 0 Å². The first-order valence-electron chi connectivity index (χ1n) is 5.35. The van der Waals surface area contributed by atoms with Crippen LogP contribution in [-0.2, 0) is 4.79 Å². The van der Waals surface area contributed by atoms with Gasteiger partial charge in [0.05, 0.1) is 0 Å². The number of hydrogen-bond acceptors (Lipinski definition) is 1. The summed E-state index contributed by atoms with van der Waals surface area (Å²) in [5, 5.41) is 8.87. The van der Waals surface area contributed by atoms with Crippen LogP contribution in [0.5, 0.6) is 0 Å². The molecule has 1 aromatic carbocycles. The van der Waals surface area contributed by atoms with E-state index in [0.29, 0.717) is 17.9 Å². The summed E-state index contributed by atoms with van der Waals surface area (Å²) in [6, 6.07) is 8.16. The number of benzene rings is 1. The topological polar surface area (TPSA) is 37.3 Å². The average Bonchev–Trinajstić information content (AvgIpc) is 2.30. The predicted octanol–water partition coefficient (Wildman–Crippen LogP) is 3.73. The second-order valence-corrected chi connectivity index (χ2v) is 4.88. The molecule has 3 heteroatoms. The van der Waals surface area contributed by atoms with E-state index in [1.165, 1.54) is 5.56 Å². The highest BCUT2D eigenvalue weighted by atomic mass is 79.9. The Hall–Kier alpha value is -1.09. The second-order valence-electron chi connectivity index (χ2n) is 4.03. The summed E-state index contributed by atoms with van der Waals surface area (Å²) in [4.78, 5) is 10.8. The van der Waals surface area contributed by atoms with Gasteiger partial charge in [0.25, 0.3) is 0 Å². The number of carboxylic acid groups (broad SMARTS) is 1. The molecule has 1 unspecified atom stereocenters. The zero-order chi connectivity index (χ0) is 11.5. The van der Waals surface area contributed by atoms with Crippen molar-refractivity contribution in [3.8, 4) is 0 Å². The smallest absolute Gasteiger partial charge is 0.331 e. The van der Waals surface area contributed by atoms with Crippen molar-refractivity contribution in [2.45, 2.75) is 25.2 Å². The number of carbonyl (C=O) groups is 1. The first-order chi connectivity index (χ1) is 7.68. The van der Waals surface area contributed by atoms with E-state index in [9.17, 15) is 4.79 Å². The minimum atomic E-state index is -0.773. The number of aliphatic carboxylic acids is 1. The van der Waals surface area contributed by atoms with Gasteiger partial charge < -0.3 is 5.11 Å². The van der Waals surface area contributed by atoms with E-state index < -0.39 is 5.97 Å². The molecule has 16 heavy (non-hydrogen) atoms. The van der Waals surface area contributed by atoms with Crippen molar-refractivity contribution < 1.29 is 9.90 Å². The van der Waals surface area contributed by atoms with Gasteiger partial charge in [0, 0.05) is 10.0 Å². The quantitative estimate of drug-likeness (QED) is 0.896. The van der Waals surface area contributed by atoms with Crippen LogP contribution in [0.3, 0.4) is 0 Å². The van der Waals surface area contributed by atoms with Gasteiger partial charge in [0.15, 0.2) is 0 Å². The van der Waals surface area contributed by atoms with Crippen LogP contribution in [0.1, 0.15) is 30.7 Å². The Bertz CT molecular complexity index is 437. The third-order valence-corrected chi connectivity index (χ3v) is 3.75. The van der Waals surface area contributed by atoms with Crippen molar-refractivity contribution in [1.29, 1.82) is 0 Å². The van der Waals surface area contributed by atoms with Crippen LogP contribution in [0, 0.1) is 0 Å². The number of hydrogen-bond donors (Lipinski definition) is 1. The molecule has 0 bridgehead atoms. The van der Waals surface area contributed by atoms with E-state index in [0.717, 1.165) is 17.3 Å². The van der Waals surface area contributed by atoms with Gasteiger partial charge in [-0.15, -0.1) is 0 Å². The zero-order valence-electron chi connectivity index (χ0n) is 8.82. The monoisotopic (exact) mass is 280 g/mol. The molecule has 84 valence electrons. The Balaban J connectivity index is 2.16. The molecule has 0 spiro atoms. The average molecular weight is 281 g/mol. The maximum Gasteiger partial charge on any atom is 0.331 e. The molecular weight excluding hydrogens is 268 g/mol. The Morgan fingerprint density at radius 1 is 1.38 bits per heavy atom. The fourth-order valence-electron chi connectivity index (χ4n) is 2.12. The van der Waals surface area contributed by atoms with Gasteiger partial charge >= 0.3 is 5.97 Å². The lowest BCUT2D eigenvalue weighted by Gasteiger charge is -2.21. The minimum Gasteiger partial charge on any atom is -0.478 e. The van der Waals surface area contributed by atoms with Crippen LogP contribution < -0.4 is 0 Å². The summed E-state index contributed by atoms with van der Waals surface area (Å²) in [5.41, 5.74) is 1.84. The molecule has 1 aliphatic rings. The van der Waals surface area contributed by atoms with Gasteiger partial charge in [0.1, 0.15) is 0 Å². The van der Waals surface area contributed by atoms with E-state index >= 15 is 0 Å². The predicted molar refractivity (Wildman–Crippen MR) is 66.5 cm³/mol. The second kappa shape index (κ2) is 4.83. The lowest BCUT2D eigenvalue weighted by Crippen LogP contribution is -2.10. The molecule has 0 amide bonds. The van der Waals surface area contributed by atoms with Crippen LogP contribution in [0.15, 0.2) is 40.4 Å². The maximum atomic E-state index is 10.8. The Morgan fingerprint density at radius 3 is 2.69 bits per heavy atom. The first kappa shape index (κ1) is 11.4. The van der Waals surface area contributed by atoms with Crippen molar-refractivity contribution in [2.75, 3.05) is 0 Å². The lowest BCUT2D eigenvalue weighted by molar-refractivity contribution is -0.132. The molecular formula is C13H13BrO2. The fraction of sp³-hybridized carbons (Fsp3) is 0.308. The van der Waals surface area contributed by atoms with E-state index in [1.807, 2.05) is 24.3 Å². The summed E-state index contributed by atoms with van der Waals surface area (Å²) >= 11 is 3.54. The molecule has 2 rings (SSSR count). The molecule has 1 N–H and O–H groups in total. The zero-order valence-corrected chi connectivity index (χ0v) is 10.4. The minimum absolute atomic E-state index is 0.443. The highest BCUT2D eigenvalue weighted by molar-refractivity contribution is 9.10. The largest absolute Gasteiger partial charge is 0.478 e. The van der Waals surface area contributed by atoms with Crippen LogP contribution >= 0.6 is 15.9 Å². The Labute approximate surface area is 103 Å². The lowest BCUT2D eigenvalue weighted by atomic mass is 9.85. The summed E-state index contributed by atoms with van der Waals surface area (Å²) in [6.07, 6.45) is 4.27. The van der Waals surface area contributed by atoms with Gasteiger partial charge in [-0.3, -0.25) is 0 Å². The van der Waals surface area contributed by atoms with Gasteiger partial charge in [-0.05, 0) is 36.8 Å². The number of carboxylic acids is 1. The van der Waals surface area contributed by atoms with E-state index in [-0.39, 0.29) is 0 Å². The first-order valence-corrected chi connectivity index (χ1v) is 6.14. The summed E-state index contributed by atoms with van der Waals surface area (Å²) in [6.45, 7) is 0. The van der Waals surface area contributed by atoms with Crippen LogP contribution in [0.2, 0.25) is 0 Å². The van der Waals surface area contributed by atoms with E-state index in [1.54, 1.807) is 0 Å². The van der Waals surface area contributed by atoms with E-state index in [2.05, 4.69) is 22.0 Å². The highest BCUT2D eigenvalue weighted by Crippen LogP contribution is 2.35. The standard InChI is InChI=1S/C13H13BrO2/c14-12-4-2-1-3-11(12)9-5-7-10(8-6-9)13(15)16/h1-4,7,9H,5-6,8H2,(H,15,16). The van der Waals surface area contributed by atoms with Crippen molar-refractivity contribution in [3.05, 3.63) is 46.0 Å². The van der Waals surface area contributed by atoms with Crippen LogP contribution in [0.4, 0.5) is 0 Å². The van der Waals surface area contributed by atoms with E-state index in [4.69, 9.17) is 5.11 Å². The van der Waals surface area contributed by atoms with Crippen LogP contribution in [-0.4, -0.2) is 11.1 Å². The highest BCUT2D eigenvalue weighted by Gasteiger charge is 2.20. The number of halogens is 1. The fourth-order valence-corrected chi connectivity index (χ4v) is 2.73. The molecule has 0 heterocycles. The molecule has 0 aromatic heterocycles. The molecule has 0 radical (unpaired) electrons. The maximum absolute atomic E-state index is 10.8. The van der Waals surface area contributed by atoms with Crippen molar-refractivity contribution >= 4 is 21.9 Å². The van der Waals surface area contributed by atoms with Gasteiger partial charge in [-0.2, -0.15) is 0 Å². The molecule has 0 saturated heterocycles. The van der Waals surface area contributed by atoms with Gasteiger partial charge in [-0.1, -0.05) is 40.2 Å². The molecule has 0 aliphatic heterocycles. The molecule has 2 nitrogen and oxygen atoms in total. The Kier molecular flexibility index (Phi) is 3.44. The molecule has 1 atom stereocenters. The number of rotatable bonds is 2. The molecule has 0 fully saturated rings. The van der Waals surface area contributed by atoms with Gasteiger partial charge in [-0.25, -0.2) is 4.79 Å². The van der Waals surface area contributed by atoms with Crippen molar-refractivity contribution in [2.24, 2.45) is 0 Å². The SMILES string of the molecule is O=C(O)C1=CCC(c2ccccc2Br)CC1. The van der Waals surface area contributed by atoms with Gasteiger partial charge in [0.2, 0.25) is 0 Å². The normalized spacial score (nSPS) is 20.3. The third kappa shape index (κ3) is 2.35. The summed E-state index contributed by atoms with van der Waals surface area (Å²) in [7, 11) is 0. The van der Waals surface area contributed by atoms with Crippen LogP contribution in [0.25, 0.3) is 0 Å². The summed E-state index contributed by atoms with van der Waals surface area (Å²) in [5.74, 6) is -0.329. The summed E-state index contributed by atoms with van der Waals surface area (Å²) < 4.78 is 1.12. The Morgan fingerprint density at radius 2 is 2.12 bits per heavy atom. The molecule has 1 aliphatic carbocycles.